The second kappa shape index (κ2) is 10.8. The number of amides is 2. The standard InChI is InChI=1S/C28H25N5O4S/c1-17-25(33-11-12-38-28(33)30-17)24-23(26(34)37-16-20-7-3-6-19(13-20)15-29)22(31-27(35)32-24)10-9-18-5-4-8-21(14-18)36-2/h3-8,11-14,24H,9-10,16H2,1-2H3,(H2,31,32,35). The van der Waals surface area contributed by atoms with Crippen LogP contribution in [0, 0.1) is 18.3 Å². The van der Waals surface area contributed by atoms with E-state index < -0.39 is 18.0 Å². The average Bonchev–Trinajstić information content (AvgIpc) is 3.50. The molecule has 9 nitrogen and oxygen atoms in total. The number of methoxy groups -OCH3 is 1. The van der Waals surface area contributed by atoms with E-state index in [0.717, 1.165) is 16.3 Å². The van der Waals surface area contributed by atoms with E-state index in [2.05, 4.69) is 21.7 Å². The van der Waals surface area contributed by atoms with Gasteiger partial charge in [-0.2, -0.15) is 5.26 Å². The fourth-order valence-electron chi connectivity index (χ4n) is 4.58. The summed E-state index contributed by atoms with van der Waals surface area (Å²) in [6.45, 7) is 1.84. The Balaban J connectivity index is 1.51. The minimum absolute atomic E-state index is 0.0130. The number of nitrogens with one attached hydrogen (secondary N) is 2. The number of nitriles is 1. The van der Waals surface area contributed by atoms with Crippen LogP contribution in [-0.4, -0.2) is 28.5 Å². The van der Waals surface area contributed by atoms with Gasteiger partial charge in [-0.3, -0.25) is 4.40 Å². The van der Waals surface area contributed by atoms with Crippen LogP contribution < -0.4 is 15.4 Å². The molecular formula is C28H25N5O4S. The van der Waals surface area contributed by atoms with E-state index in [9.17, 15) is 14.9 Å². The Bertz CT molecular complexity index is 1600. The summed E-state index contributed by atoms with van der Waals surface area (Å²) in [6.07, 6.45) is 2.84. The molecule has 1 aliphatic rings. The molecule has 192 valence electrons. The Morgan fingerprint density at radius 1 is 1.18 bits per heavy atom. The molecule has 3 heterocycles. The number of fused-ring (bicyclic) bond motifs is 1. The summed E-state index contributed by atoms with van der Waals surface area (Å²) in [7, 11) is 1.61. The molecule has 2 aromatic heterocycles. The van der Waals surface area contributed by atoms with Crippen molar-refractivity contribution in [2.45, 2.75) is 32.4 Å². The van der Waals surface area contributed by atoms with Gasteiger partial charge in [-0.25, -0.2) is 14.6 Å². The molecule has 0 spiro atoms. The average molecular weight is 528 g/mol. The predicted molar refractivity (Wildman–Crippen MR) is 142 cm³/mol. The van der Waals surface area contributed by atoms with Crippen molar-refractivity contribution in [1.82, 2.24) is 20.0 Å². The fraction of sp³-hybridized carbons (Fsp3) is 0.214. The highest BCUT2D eigenvalue weighted by Gasteiger charge is 2.36. The number of esters is 1. The zero-order valence-corrected chi connectivity index (χ0v) is 21.7. The Morgan fingerprint density at radius 3 is 2.82 bits per heavy atom. The summed E-state index contributed by atoms with van der Waals surface area (Å²) in [6, 6.07) is 15.5. The number of benzene rings is 2. The Labute approximate surface area is 223 Å². The maximum atomic E-state index is 13.7. The summed E-state index contributed by atoms with van der Waals surface area (Å²) >= 11 is 1.47. The van der Waals surface area contributed by atoms with Gasteiger partial charge in [-0.05, 0) is 55.2 Å². The van der Waals surface area contributed by atoms with Gasteiger partial charge in [0.1, 0.15) is 18.4 Å². The number of thiazole rings is 1. The summed E-state index contributed by atoms with van der Waals surface area (Å²) in [4.78, 5) is 31.8. The molecule has 2 N–H and O–H groups in total. The lowest BCUT2D eigenvalue weighted by molar-refractivity contribution is -0.140. The lowest BCUT2D eigenvalue weighted by Crippen LogP contribution is -2.46. The Kier molecular flexibility index (Phi) is 7.11. The normalized spacial score (nSPS) is 15.1. The van der Waals surface area contributed by atoms with Crippen LogP contribution in [0.2, 0.25) is 0 Å². The van der Waals surface area contributed by atoms with Crippen LogP contribution in [0.3, 0.4) is 0 Å². The number of carbonyl (C=O) groups is 2. The van der Waals surface area contributed by atoms with Crippen molar-refractivity contribution in [2.75, 3.05) is 7.11 Å². The summed E-state index contributed by atoms with van der Waals surface area (Å²) in [5.41, 5.74) is 4.40. The van der Waals surface area contributed by atoms with E-state index in [1.807, 2.05) is 47.2 Å². The van der Waals surface area contributed by atoms with Crippen molar-refractivity contribution in [3.05, 3.63) is 99.5 Å². The van der Waals surface area contributed by atoms with Gasteiger partial charge in [0, 0.05) is 17.3 Å². The Morgan fingerprint density at radius 2 is 2.00 bits per heavy atom. The maximum Gasteiger partial charge on any atom is 0.338 e. The van der Waals surface area contributed by atoms with Gasteiger partial charge >= 0.3 is 12.0 Å². The van der Waals surface area contributed by atoms with Crippen LogP contribution in [0.4, 0.5) is 4.79 Å². The number of nitrogens with zero attached hydrogens (tertiary/aromatic N) is 3. The molecule has 2 aromatic carbocycles. The zero-order valence-electron chi connectivity index (χ0n) is 20.9. The number of rotatable bonds is 8. The van der Waals surface area contributed by atoms with Gasteiger partial charge in [0.15, 0.2) is 4.96 Å². The fourth-order valence-corrected chi connectivity index (χ4v) is 5.34. The quantitative estimate of drug-likeness (QED) is 0.324. The highest BCUT2D eigenvalue weighted by atomic mass is 32.1. The van der Waals surface area contributed by atoms with Crippen molar-refractivity contribution >= 4 is 28.3 Å². The molecule has 5 rings (SSSR count). The summed E-state index contributed by atoms with van der Waals surface area (Å²) in [5.74, 6) is 0.174. The SMILES string of the molecule is COc1cccc(CCC2=C(C(=O)OCc3cccc(C#N)c3)C(c3c(C)nc4sccn34)NC(=O)N2)c1. The largest absolute Gasteiger partial charge is 0.497 e. The van der Waals surface area contributed by atoms with E-state index >= 15 is 0 Å². The lowest BCUT2D eigenvalue weighted by atomic mass is 9.95. The maximum absolute atomic E-state index is 13.7. The number of urea groups is 1. The molecule has 0 saturated carbocycles. The monoisotopic (exact) mass is 527 g/mol. The highest BCUT2D eigenvalue weighted by molar-refractivity contribution is 7.15. The summed E-state index contributed by atoms with van der Waals surface area (Å²) < 4.78 is 13.0. The van der Waals surface area contributed by atoms with Crippen LogP contribution in [0.1, 0.15) is 40.5 Å². The summed E-state index contributed by atoms with van der Waals surface area (Å²) in [5, 5.41) is 16.9. The van der Waals surface area contributed by atoms with Crippen molar-refractivity contribution < 1.29 is 19.1 Å². The van der Waals surface area contributed by atoms with Crippen molar-refractivity contribution in [1.29, 1.82) is 5.26 Å². The van der Waals surface area contributed by atoms with Gasteiger partial charge in [0.25, 0.3) is 0 Å². The zero-order chi connectivity index (χ0) is 26.6. The molecule has 38 heavy (non-hydrogen) atoms. The second-order valence-electron chi connectivity index (χ2n) is 8.80. The second-order valence-corrected chi connectivity index (χ2v) is 9.67. The van der Waals surface area contributed by atoms with Crippen LogP contribution >= 0.6 is 11.3 Å². The van der Waals surface area contributed by atoms with Crippen molar-refractivity contribution in [3.63, 3.8) is 0 Å². The molecule has 0 aliphatic carbocycles. The number of ether oxygens (including phenoxy) is 2. The molecule has 1 unspecified atom stereocenters. The first-order valence-corrected chi connectivity index (χ1v) is 12.9. The molecule has 4 aromatic rings. The third-order valence-electron chi connectivity index (χ3n) is 6.35. The van der Waals surface area contributed by atoms with Gasteiger partial charge < -0.3 is 20.1 Å². The van der Waals surface area contributed by atoms with Gasteiger partial charge in [0.2, 0.25) is 0 Å². The first-order valence-electron chi connectivity index (χ1n) is 12.0. The van der Waals surface area contributed by atoms with E-state index in [-0.39, 0.29) is 6.61 Å². The number of imidazole rings is 1. The minimum atomic E-state index is -0.758. The predicted octanol–water partition coefficient (Wildman–Crippen LogP) is 4.57. The van der Waals surface area contributed by atoms with Gasteiger partial charge in [-0.1, -0.05) is 24.3 Å². The molecule has 0 radical (unpaired) electrons. The molecule has 0 bridgehead atoms. The van der Waals surface area contributed by atoms with Gasteiger partial charge in [-0.15, -0.1) is 11.3 Å². The molecule has 1 aliphatic heterocycles. The van der Waals surface area contributed by atoms with E-state index in [1.54, 1.807) is 31.4 Å². The third-order valence-corrected chi connectivity index (χ3v) is 7.11. The molecule has 2 amide bonds. The molecule has 0 saturated heterocycles. The molecule has 10 heteroatoms. The number of hydrogen-bond donors (Lipinski definition) is 2. The smallest absolute Gasteiger partial charge is 0.338 e. The van der Waals surface area contributed by atoms with E-state index in [0.29, 0.717) is 46.6 Å². The molecule has 1 atom stereocenters. The van der Waals surface area contributed by atoms with E-state index in [1.165, 1.54) is 11.3 Å². The first kappa shape index (κ1) is 25.0. The number of aromatic nitrogens is 2. The number of allylic oxidation sites excluding steroid dienone is 1. The Hall–Kier alpha value is -4.62. The van der Waals surface area contributed by atoms with Crippen LogP contribution in [0.25, 0.3) is 4.96 Å². The molecular weight excluding hydrogens is 502 g/mol. The highest BCUT2D eigenvalue weighted by Crippen LogP contribution is 2.33. The van der Waals surface area contributed by atoms with E-state index in [4.69, 9.17) is 9.47 Å². The van der Waals surface area contributed by atoms with Crippen LogP contribution in [0.15, 0.2) is 71.4 Å². The first-order chi connectivity index (χ1) is 18.5. The third kappa shape index (κ3) is 5.10. The number of carbonyl (C=O) groups excluding carboxylic acids is 2. The van der Waals surface area contributed by atoms with Crippen LogP contribution in [-0.2, 0) is 22.6 Å². The van der Waals surface area contributed by atoms with Gasteiger partial charge in [0.05, 0.1) is 35.7 Å². The van der Waals surface area contributed by atoms with Crippen molar-refractivity contribution in [3.8, 4) is 11.8 Å². The van der Waals surface area contributed by atoms with Crippen molar-refractivity contribution in [2.24, 2.45) is 0 Å². The number of hydrogen-bond acceptors (Lipinski definition) is 7. The molecule has 0 fully saturated rings. The minimum Gasteiger partial charge on any atom is -0.497 e. The number of aryl methyl sites for hydroxylation is 2. The lowest BCUT2D eigenvalue weighted by Gasteiger charge is -2.29. The van der Waals surface area contributed by atoms with Crippen LogP contribution in [0.5, 0.6) is 5.75 Å². The topological polar surface area (TPSA) is 118 Å².